The van der Waals surface area contributed by atoms with Gasteiger partial charge >= 0.3 is 0 Å². The predicted molar refractivity (Wildman–Crippen MR) is 55.9 cm³/mol. The highest BCUT2D eigenvalue weighted by atomic mass is 79.9. The number of nitro benzene ring substituents is 1. The quantitative estimate of drug-likeness (QED) is 0.361. The third-order valence-corrected chi connectivity index (χ3v) is 2.20. The first-order valence-corrected chi connectivity index (χ1v) is 4.50. The Kier molecular flexibility index (Phi) is 3.53. The highest BCUT2D eigenvalue weighted by molar-refractivity contribution is 9.10. The van der Waals surface area contributed by atoms with E-state index in [1.165, 1.54) is 18.2 Å². The molecule has 0 spiro atoms. The lowest BCUT2D eigenvalue weighted by atomic mass is 10.2. The van der Waals surface area contributed by atoms with Gasteiger partial charge in [0, 0.05) is 6.07 Å². The van der Waals surface area contributed by atoms with Gasteiger partial charge in [0.2, 0.25) is 0 Å². The van der Waals surface area contributed by atoms with Gasteiger partial charge in [-0.2, -0.15) is 0 Å². The van der Waals surface area contributed by atoms with Gasteiger partial charge in [0.1, 0.15) is 6.29 Å². The van der Waals surface area contributed by atoms with E-state index in [0.29, 0.717) is 16.3 Å². The Balaban J connectivity index is 3.12. The Morgan fingerprint density at radius 2 is 2.14 bits per heavy atom. The van der Waals surface area contributed by atoms with Gasteiger partial charge in [0.25, 0.3) is 5.69 Å². The first kappa shape index (κ1) is 10.6. The molecule has 0 fully saturated rings. The average molecular weight is 256 g/mol. The van der Waals surface area contributed by atoms with Crippen molar-refractivity contribution in [2.45, 2.75) is 0 Å². The van der Waals surface area contributed by atoms with Crippen LogP contribution < -0.4 is 0 Å². The second kappa shape index (κ2) is 4.66. The molecule has 0 radical (unpaired) electrons. The van der Waals surface area contributed by atoms with E-state index in [9.17, 15) is 14.9 Å². The molecule has 1 aromatic rings. The van der Waals surface area contributed by atoms with Crippen molar-refractivity contribution in [1.29, 1.82) is 0 Å². The number of benzene rings is 1. The second-order valence-corrected chi connectivity index (χ2v) is 3.32. The predicted octanol–water partition coefficient (Wildman–Crippen LogP) is 2.57. The molecule has 1 aromatic carbocycles. The van der Waals surface area contributed by atoms with E-state index in [0.717, 1.165) is 0 Å². The van der Waals surface area contributed by atoms with Crippen molar-refractivity contribution in [3.63, 3.8) is 0 Å². The summed E-state index contributed by atoms with van der Waals surface area (Å²) in [6, 6.07) is 4.64. The van der Waals surface area contributed by atoms with Crippen LogP contribution in [0.2, 0.25) is 0 Å². The first-order valence-electron chi connectivity index (χ1n) is 3.71. The minimum Gasteiger partial charge on any atom is -0.299 e. The maximum atomic E-state index is 10.5. The van der Waals surface area contributed by atoms with Crippen LogP contribution in [0.3, 0.4) is 0 Å². The lowest BCUT2D eigenvalue weighted by molar-refractivity contribution is -0.385. The Bertz CT molecular complexity index is 401. The summed E-state index contributed by atoms with van der Waals surface area (Å²) < 4.78 is 0.422. The Hall–Kier alpha value is -1.49. The van der Waals surface area contributed by atoms with E-state index in [2.05, 4.69) is 15.9 Å². The number of hydrogen-bond donors (Lipinski definition) is 0. The van der Waals surface area contributed by atoms with Gasteiger partial charge in [0.15, 0.2) is 0 Å². The molecule has 1 rings (SSSR count). The summed E-state index contributed by atoms with van der Waals surface area (Å²) in [7, 11) is 0. The molecule has 0 N–H and O–H groups in total. The number of hydrogen-bond acceptors (Lipinski definition) is 3. The summed E-state index contributed by atoms with van der Waals surface area (Å²) >= 11 is 3.06. The normalized spacial score (nSPS) is 10.4. The van der Waals surface area contributed by atoms with Crippen LogP contribution in [0.15, 0.2) is 28.7 Å². The molecule has 0 amide bonds. The minimum absolute atomic E-state index is 0.0157. The van der Waals surface area contributed by atoms with Gasteiger partial charge in [0.05, 0.1) is 9.40 Å². The number of halogens is 1. The van der Waals surface area contributed by atoms with Gasteiger partial charge in [-0.15, -0.1) is 0 Å². The monoisotopic (exact) mass is 255 g/mol. The zero-order chi connectivity index (χ0) is 10.6. The van der Waals surface area contributed by atoms with E-state index in [4.69, 9.17) is 0 Å². The topological polar surface area (TPSA) is 60.2 Å². The van der Waals surface area contributed by atoms with Crippen molar-refractivity contribution < 1.29 is 9.72 Å². The van der Waals surface area contributed by atoms with Crippen LogP contribution in [0.5, 0.6) is 0 Å². The molecule has 0 bridgehead atoms. The number of carbonyl (C=O) groups excluding carboxylic acids is 1. The molecule has 14 heavy (non-hydrogen) atoms. The number of aldehydes is 1. The highest BCUT2D eigenvalue weighted by Crippen LogP contribution is 2.25. The molecule has 5 heteroatoms. The van der Waals surface area contributed by atoms with Crippen LogP contribution in [0, 0.1) is 10.1 Å². The number of carbonyl (C=O) groups is 1. The van der Waals surface area contributed by atoms with E-state index < -0.39 is 4.92 Å². The van der Waals surface area contributed by atoms with Crippen LogP contribution in [0.4, 0.5) is 5.69 Å². The van der Waals surface area contributed by atoms with Gasteiger partial charge in [-0.1, -0.05) is 12.1 Å². The van der Waals surface area contributed by atoms with Crippen molar-refractivity contribution in [2.24, 2.45) is 0 Å². The smallest absolute Gasteiger partial charge is 0.284 e. The van der Waals surface area contributed by atoms with E-state index >= 15 is 0 Å². The molecule has 0 aromatic heterocycles. The lowest BCUT2D eigenvalue weighted by Gasteiger charge is -1.96. The SMILES string of the molecule is O=CC=Cc1ccc(Br)c([N+](=O)[O-])c1. The van der Waals surface area contributed by atoms with E-state index in [1.54, 1.807) is 12.1 Å². The molecule has 0 aliphatic rings. The molecule has 0 atom stereocenters. The average Bonchev–Trinajstić information content (AvgIpc) is 2.16. The number of nitro groups is 1. The van der Waals surface area contributed by atoms with Gasteiger partial charge < -0.3 is 0 Å². The molecular weight excluding hydrogens is 250 g/mol. The molecule has 0 saturated heterocycles. The summed E-state index contributed by atoms with van der Waals surface area (Å²) in [5.74, 6) is 0. The zero-order valence-corrected chi connectivity index (χ0v) is 8.60. The molecule has 0 aliphatic carbocycles. The summed E-state index contributed by atoms with van der Waals surface area (Å²) in [6.07, 6.45) is 3.41. The van der Waals surface area contributed by atoms with Crippen LogP contribution in [-0.4, -0.2) is 11.2 Å². The van der Waals surface area contributed by atoms with E-state index in [1.807, 2.05) is 0 Å². The molecule has 72 valence electrons. The van der Waals surface area contributed by atoms with Crippen LogP contribution in [-0.2, 0) is 4.79 Å². The minimum atomic E-state index is -0.484. The Morgan fingerprint density at radius 3 is 2.71 bits per heavy atom. The van der Waals surface area contributed by atoms with Crippen molar-refractivity contribution in [3.8, 4) is 0 Å². The fraction of sp³-hybridized carbons (Fsp3) is 0. The third-order valence-electron chi connectivity index (χ3n) is 1.53. The molecule has 0 unspecified atom stereocenters. The summed E-state index contributed by atoms with van der Waals surface area (Å²) in [5, 5.41) is 10.5. The molecule has 4 nitrogen and oxygen atoms in total. The van der Waals surface area contributed by atoms with Crippen LogP contribution in [0.1, 0.15) is 5.56 Å². The number of nitrogens with zero attached hydrogens (tertiary/aromatic N) is 1. The van der Waals surface area contributed by atoms with Crippen molar-refractivity contribution in [3.05, 3.63) is 44.4 Å². The number of allylic oxidation sites excluding steroid dienone is 1. The van der Waals surface area contributed by atoms with Crippen LogP contribution in [0.25, 0.3) is 6.08 Å². The van der Waals surface area contributed by atoms with Crippen LogP contribution >= 0.6 is 15.9 Å². The Labute approximate surface area is 88.5 Å². The second-order valence-electron chi connectivity index (χ2n) is 2.46. The largest absolute Gasteiger partial charge is 0.299 e. The van der Waals surface area contributed by atoms with Crippen molar-refractivity contribution in [2.75, 3.05) is 0 Å². The molecule has 0 heterocycles. The maximum Gasteiger partial charge on any atom is 0.284 e. The standard InChI is InChI=1S/C9H6BrNO3/c10-8-4-3-7(2-1-5-12)6-9(8)11(13)14/h1-6H. The van der Waals surface area contributed by atoms with Crippen molar-refractivity contribution >= 4 is 34.0 Å². The fourth-order valence-electron chi connectivity index (χ4n) is 0.924. The third kappa shape index (κ3) is 2.50. The highest BCUT2D eigenvalue weighted by Gasteiger charge is 2.10. The number of rotatable bonds is 3. The van der Waals surface area contributed by atoms with Gasteiger partial charge in [-0.3, -0.25) is 14.9 Å². The summed E-state index contributed by atoms with van der Waals surface area (Å²) in [4.78, 5) is 20.1. The maximum absolute atomic E-state index is 10.5. The molecule has 0 saturated carbocycles. The van der Waals surface area contributed by atoms with Gasteiger partial charge in [-0.05, 0) is 33.6 Å². The first-order chi connectivity index (χ1) is 6.65. The zero-order valence-electron chi connectivity index (χ0n) is 7.01. The van der Waals surface area contributed by atoms with Crippen molar-refractivity contribution in [1.82, 2.24) is 0 Å². The van der Waals surface area contributed by atoms with Gasteiger partial charge in [-0.25, -0.2) is 0 Å². The summed E-state index contributed by atoms with van der Waals surface area (Å²) in [5.41, 5.74) is 0.602. The lowest BCUT2D eigenvalue weighted by Crippen LogP contribution is -1.89. The summed E-state index contributed by atoms with van der Waals surface area (Å²) in [6.45, 7) is 0. The molecular formula is C9H6BrNO3. The van der Waals surface area contributed by atoms with E-state index in [-0.39, 0.29) is 5.69 Å². The molecule has 0 aliphatic heterocycles. The Morgan fingerprint density at radius 1 is 1.43 bits per heavy atom. The fourth-order valence-corrected chi connectivity index (χ4v) is 1.32.